The summed E-state index contributed by atoms with van der Waals surface area (Å²) < 4.78 is 5.85. The van der Waals surface area contributed by atoms with Crippen molar-refractivity contribution in [2.75, 3.05) is 13.2 Å². The van der Waals surface area contributed by atoms with E-state index in [-0.39, 0.29) is 5.54 Å². The third kappa shape index (κ3) is 4.76. The number of aryl methyl sites for hydroxylation is 1. The first-order chi connectivity index (χ1) is 9.46. The molecule has 1 aromatic heterocycles. The van der Waals surface area contributed by atoms with E-state index in [0.29, 0.717) is 13.2 Å². The van der Waals surface area contributed by atoms with Crippen molar-refractivity contribution in [1.82, 2.24) is 5.32 Å². The maximum atomic E-state index is 9.99. The Morgan fingerprint density at radius 1 is 1.30 bits per heavy atom. The molecular weight excluding hydrogens is 270 g/mol. The van der Waals surface area contributed by atoms with Crippen molar-refractivity contribution in [1.29, 1.82) is 0 Å². The number of ether oxygens (including phenoxy) is 1. The number of thiophene rings is 1. The molecule has 114 valence electrons. The second-order valence-corrected chi connectivity index (χ2v) is 7.62. The zero-order valence-corrected chi connectivity index (χ0v) is 13.7. The molecule has 2 N–H and O–H groups in total. The third-order valence-electron chi connectivity index (χ3n) is 3.57. The smallest absolute Gasteiger partial charge is 0.133 e. The molecule has 0 fully saturated rings. The van der Waals surface area contributed by atoms with E-state index >= 15 is 0 Å². The highest BCUT2D eigenvalue weighted by atomic mass is 32.1. The monoisotopic (exact) mass is 297 g/mol. The second-order valence-electron chi connectivity index (χ2n) is 6.66. The van der Waals surface area contributed by atoms with Crippen LogP contribution in [-0.4, -0.2) is 29.9 Å². The van der Waals surface area contributed by atoms with Gasteiger partial charge in [-0.1, -0.05) is 6.42 Å². The third-order valence-corrected chi connectivity index (χ3v) is 4.64. The van der Waals surface area contributed by atoms with Gasteiger partial charge in [0.25, 0.3) is 0 Å². The minimum atomic E-state index is -0.462. The summed E-state index contributed by atoms with van der Waals surface area (Å²) in [5.74, 6) is 1.00. The van der Waals surface area contributed by atoms with Crippen molar-refractivity contribution in [2.45, 2.75) is 64.5 Å². The van der Waals surface area contributed by atoms with E-state index in [1.165, 1.54) is 36.1 Å². The number of aliphatic hydroxyl groups excluding tert-OH is 1. The Hall–Kier alpha value is -0.580. The van der Waals surface area contributed by atoms with Gasteiger partial charge in [-0.15, -0.1) is 11.3 Å². The zero-order chi connectivity index (χ0) is 14.6. The van der Waals surface area contributed by atoms with E-state index in [1.807, 2.05) is 11.3 Å². The van der Waals surface area contributed by atoms with Gasteiger partial charge in [-0.05, 0) is 46.5 Å². The van der Waals surface area contributed by atoms with Gasteiger partial charge in [0.2, 0.25) is 0 Å². The van der Waals surface area contributed by atoms with Crippen molar-refractivity contribution in [3.8, 4) is 5.75 Å². The number of hydrogen-bond acceptors (Lipinski definition) is 4. The molecule has 1 aliphatic rings. The summed E-state index contributed by atoms with van der Waals surface area (Å²) in [6, 6.07) is 0. The maximum Gasteiger partial charge on any atom is 0.133 e. The van der Waals surface area contributed by atoms with Crippen molar-refractivity contribution in [2.24, 2.45) is 0 Å². The summed E-state index contributed by atoms with van der Waals surface area (Å²) in [6.07, 6.45) is 5.73. The topological polar surface area (TPSA) is 41.5 Å². The molecule has 1 atom stereocenters. The van der Waals surface area contributed by atoms with Crippen LogP contribution in [0.15, 0.2) is 5.38 Å². The van der Waals surface area contributed by atoms with E-state index in [9.17, 15) is 5.11 Å². The Labute approximate surface area is 126 Å². The van der Waals surface area contributed by atoms with Gasteiger partial charge in [0.05, 0.1) is 0 Å². The Morgan fingerprint density at radius 2 is 2.05 bits per heavy atom. The fraction of sp³-hybridized carbons (Fsp3) is 0.750. The van der Waals surface area contributed by atoms with Crippen LogP contribution in [0.1, 0.15) is 50.5 Å². The minimum Gasteiger partial charge on any atom is -0.490 e. The predicted octanol–water partition coefficient (Wildman–Crippen LogP) is 3.14. The van der Waals surface area contributed by atoms with E-state index in [2.05, 4.69) is 31.5 Å². The summed E-state index contributed by atoms with van der Waals surface area (Å²) in [6.45, 7) is 7.22. The molecule has 0 aliphatic heterocycles. The lowest BCUT2D eigenvalue weighted by Gasteiger charge is -2.23. The van der Waals surface area contributed by atoms with Crippen molar-refractivity contribution < 1.29 is 9.84 Å². The van der Waals surface area contributed by atoms with Crippen LogP contribution in [0.4, 0.5) is 0 Å². The van der Waals surface area contributed by atoms with Crippen LogP contribution >= 0.6 is 11.3 Å². The van der Waals surface area contributed by atoms with E-state index in [4.69, 9.17) is 4.74 Å². The molecule has 1 unspecified atom stereocenters. The molecule has 0 bridgehead atoms. The number of hydrogen-bond donors (Lipinski definition) is 2. The van der Waals surface area contributed by atoms with Crippen LogP contribution in [0, 0.1) is 0 Å². The van der Waals surface area contributed by atoms with Crippen LogP contribution in [0.25, 0.3) is 0 Å². The van der Waals surface area contributed by atoms with Gasteiger partial charge in [0.15, 0.2) is 0 Å². The zero-order valence-electron chi connectivity index (χ0n) is 12.9. The Morgan fingerprint density at radius 3 is 2.80 bits per heavy atom. The van der Waals surface area contributed by atoms with Gasteiger partial charge in [0.1, 0.15) is 18.5 Å². The predicted molar refractivity (Wildman–Crippen MR) is 84.8 cm³/mol. The average molecular weight is 297 g/mol. The summed E-state index contributed by atoms with van der Waals surface area (Å²) in [7, 11) is 0. The molecule has 0 amide bonds. The molecule has 0 spiro atoms. The van der Waals surface area contributed by atoms with Crippen LogP contribution in [0.3, 0.4) is 0 Å². The van der Waals surface area contributed by atoms with E-state index in [1.54, 1.807) is 0 Å². The molecule has 1 aliphatic carbocycles. The lowest BCUT2D eigenvalue weighted by molar-refractivity contribution is 0.0998. The lowest BCUT2D eigenvalue weighted by atomic mass is 10.1. The van der Waals surface area contributed by atoms with Crippen molar-refractivity contribution in [3.63, 3.8) is 0 Å². The van der Waals surface area contributed by atoms with Gasteiger partial charge in [-0.2, -0.15) is 0 Å². The Balaban J connectivity index is 1.83. The maximum absolute atomic E-state index is 9.99. The molecule has 1 aromatic rings. The van der Waals surface area contributed by atoms with Crippen LogP contribution in [-0.2, 0) is 12.8 Å². The Bertz CT molecular complexity index is 423. The first-order valence-electron chi connectivity index (χ1n) is 7.61. The van der Waals surface area contributed by atoms with Crippen molar-refractivity contribution in [3.05, 3.63) is 15.8 Å². The molecule has 0 saturated carbocycles. The highest BCUT2D eigenvalue weighted by Gasteiger charge is 2.17. The molecular formula is C16H27NO2S. The number of aliphatic hydroxyl groups is 1. The van der Waals surface area contributed by atoms with Gasteiger partial charge >= 0.3 is 0 Å². The summed E-state index contributed by atoms with van der Waals surface area (Å²) >= 11 is 1.81. The number of β-amino-alcohol motifs (C(OH)–C–C–N with tert-alkyl or cyclic N) is 1. The summed E-state index contributed by atoms with van der Waals surface area (Å²) in [5, 5.41) is 15.4. The van der Waals surface area contributed by atoms with Crippen LogP contribution in [0.2, 0.25) is 0 Å². The van der Waals surface area contributed by atoms with Gasteiger partial charge in [0, 0.05) is 27.9 Å². The van der Waals surface area contributed by atoms with Gasteiger partial charge in [-0.25, -0.2) is 0 Å². The normalized spacial score (nSPS) is 17.4. The first kappa shape index (κ1) is 15.8. The molecule has 2 rings (SSSR count). The largest absolute Gasteiger partial charge is 0.490 e. The summed E-state index contributed by atoms with van der Waals surface area (Å²) in [4.78, 5) is 1.49. The molecule has 3 nitrogen and oxygen atoms in total. The second kappa shape index (κ2) is 6.92. The molecule has 20 heavy (non-hydrogen) atoms. The fourth-order valence-corrected chi connectivity index (χ4v) is 3.50. The summed E-state index contributed by atoms with van der Waals surface area (Å²) in [5.41, 5.74) is 1.42. The minimum absolute atomic E-state index is 0.0282. The molecule has 0 radical (unpaired) electrons. The Kier molecular flexibility index (Phi) is 5.47. The molecule has 1 heterocycles. The molecule has 0 aromatic carbocycles. The van der Waals surface area contributed by atoms with Crippen LogP contribution in [0.5, 0.6) is 5.75 Å². The van der Waals surface area contributed by atoms with Crippen molar-refractivity contribution >= 4 is 11.3 Å². The SMILES string of the molecule is CC(C)(C)NCC(O)COc1csc2c1CCCCC2. The average Bonchev–Trinajstić information content (AvgIpc) is 2.61. The molecule has 4 heteroatoms. The lowest BCUT2D eigenvalue weighted by Crippen LogP contribution is -2.42. The molecule has 0 saturated heterocycles. The number of rotatable bonds is 5. The van der Waals surface area contributed by atoms with Gasteiger partial charge < -0.3 is 15.2 Å². The number of nitrogens with one attached hydrogen (secondary N) is 1. The first-order valence-corrected chi connectivity index (χ1v) is 8.49. The standard InChI is InChI=1S/C16H27NO2S/c1-16(2,3)17-9-12(18)10-19-14-11-20-15-8-6-4-5-7-13(14)15/h11-12,17-18H,4-10H2,1-3H3. The van der Waals surface area contributed by atoms with E-state index in [0.717, 1.165) is 12.2 Å². The van der Waals surface area contributed by atoms with Crippen LogP contribution < -0.4 is 10.1 Å². The number of fused-ring (bicyclic) bond motifs is 1. The van der Waals surface area contributed by atoms with E-state index < -0.39 is 6.10 Å². The quantitative estimate of drug-likeness (QED) is 0.820. The highest BCUT2D eigenvalue weighted by Crippen LogP contribution is 2.34. The highest BCUT2D eigenvalue weighted by molar-refractivity contribution is 7.10. The fourth-order valence-electron chi connectivity index (χ4n) is 2.43. The van der Waals surface area contributed by atoms with Gasteiger partial charge in [-0.3, -0.25) is 0 Å².